The smallest absolute Gasteiger partial charge is 0.410 e. The van der Waals surface area contributed by atoms with Crippen LogP contribution in [-0.4, -0.2) is 43.4 Å². The number of amides is 1. The van der Waals surface area contributed by atoms with Crippen LogP contribution in [0.15, 0.2) is 36.4 Å². The normalized spacial score (nSPS) is 15.6. The summed E-state index contributed by atoms with van der Waals surface area (Å²) in [7, 11) is 1.67. The minimum Gasteiger partial charge on any atom is -0.497 e. The first-order chi connectivity index (χ1) is 12.9. The van der Waals surface area contributed by atoms with Gasteiger partial charge in [-0.2, -0.15) is 0 Å². The Morgan fingerprint density at radius 1 is 1.15 bits per heavy atom. The van der Waals surface area contributed by atoms with Gasteiger partial charge in [-0.3, -0.25) is 0 Å². The number of carbonyl (C=O) groups is 1. The Bertz CT molecular complexity index is 788. The van der Waals surface area contributed by atoms with Crippen molar-refractivity contribution >= 4 is 16.9 Å². The summed E-state index contributed by atoms with van der Waals surface area (Å²) in [6.45, 7) is 7.76. The highest BCUT2D eigenvalue weighted by molar-refractivity contribution is 5.89. The summed E-state index contributed by atoms with van der Waals surface area (Å²) in [4.78, 5) is 14.0. The maximum Gasteiger partial charge on any atom is 0.410 e. The van der Waals surface area contributed by atoms with Crippen LogP contribution in [-0.2, 0) is 4.74 Å². The molecule has 1 heterocycles. The molecule has 5 heteroatoms. The second-order valence-electron chi connectivity index (χ2n) is 8.06. The summed E-state index contributed by atoms with van der Waals surface area (Å²) in [5.74, 6) is 2.13. The van der Waals surface area contributed by atoms with Gasteiger partial charge in [-0.15, -0.1) is 0 Å². The van der Waals surface area contributed by atoms with Crippen molar-refractivity contribution in [2.75, 3.05) is 26.8 Å². The molecular formula is C22H29NO4. The molecule has 146 valence electrons. The zero-order valence-electron chi connectivity index (χ0n) is 16.7. The number of carbonyl (C=O) groups excluding carboxylic acids is 1. The first-order valence-electron chi connectivity index (χ1n) is 9.53. The van der Waals surface area contributed by atoms with Gasteiger partial charge in [0.15, 0.2) is 0 Å². The monoisotopic (exact) mass is 371 g/mol. The highest BCUT2D eigenvalue weighted by Gasteiger charge is 2.27. The molecule has 0 aromatic heterocycles. The van der Waals surface area contributed by atoms with E-state index in [1.54, 1.807) is 12.0 Å². The Kier molecular flexibility index (Phi) is 5.78. The van der Waals surface area contributed by atoms with Gasteiger partial charge in [-0.1, -0.05) is 18.2 Å². The molecule has 1 aliphatic rings. The van der Waals surface area contributed by atoms with Crippen molar-refractivity contribution in [2.24, 2.45) is 5.92 Å². The molecule has 2 aromatic carbocycles. The van der Waals surface area contributed by atoms with Crippen LogP contribution in [0.2, 0.25) is 0 Å². The number of methoxy groups -OCH3 is 1. The minimum absolute atomic E-state index is 0.219. The molecule has 0 atom stereocenters. The molecule has 1 amide bonds. The van der Waals surface area contributed by atoms with E-state index in [4.69, 9.17) is 14.2 Å². The summed E-state index contributed by atoms with van der Waals surface area (Å²) in [5.41, 5.74) is -0.452. The van der Waals surface area contributed by atoms with Gasteiger partial charge in [-0.05, 0) is 63.1 Å². The van der Waals surface area contributed by atoms with E-state index in [2.05, 4.69) is 6.07 Å². The fraction of sp³-hybridized carbons (Fsp3) is 0.500. The molecule has 0 saturated carbocycles. The van der Waals surface area contributed by atoms with Gasteiger partial charge in [0.25, 0.3) is 0 Å². The molecule has 1 aliphatic heterocycles. The van der Waals surface area contributed by atoms with Crippen LogP contribution < -0.4 is 9.47 Å². The van der Waals surface area contributed by atoms with Crippen LogP contribution in [0.1, 0.15) is 33.6 Å². The molecule has 0 spiro atoms. The lowest BCUT2D eigenvalue weighted by atomic mass is 9.98. The van der Waals surface area contributed by atoms with Crippen LogP contribution in [0.25, 0.3) is 10.8 Å². The van der Waals surface area contributed by atoms with E-state index in [1.165, 1.54) is 0 Å². The molecule has 1 saturated heterocycles. The first kappa shape index (κ1) is 19.3. The molecule has 0 bridgehead atoms. The lowest BCUT2D eigenvalue weighted by molar-refractivity contribution is 0.0165. The summed E-state index contributed by atoms with van der Waals surface area (Å²) >= 11 is 0. The second kappa shape index (κ2) is 8.07. The predicted octanol–water partition coefficient (Wildman–Crippen LogP) is 4.87. The van der Waals surface area contributed by atoms with Crippen LogP contribution >= 0.6 is 0 Å². The number of nitrogens with zero attached hydrogens (tertiary/aromatic N) is 1. The molecule has 0 aliphatic carbocycles. The molecule has 0 unspecified atom stereocenters. The topological polar surface area (TPSA) is 48.0 Å². The first-order valence-corrected chi connectivity index (χ1v) is 9.53. The van der Waals surface area contributed by atoms with Crippen LogP contribution in [0, 0.1) is 5.92 Å². The Hall–Kier alpha value is -2.43. The third-order valence-corrected chi connectivity index (χ3v) is 4.79. The van der Waals surface area contributed by atoms with Gasteiger partial charge in [-0.25, -0.2) is 4.79 Å². The maximum atomic E-state index is 12.2. The number of fused-ring (bicyclic) bond motifs is 1. The molecule has 1 fully saturated rings. The summed E-state index contributed by atoms with van der Waals surface area (Å²) in [5, 5.41) is 2.19. The minimum atomic E-state index is -0.452. The molecule has 5 nitrogen and oxygen atoms in total. The molecule has 2 aromatic rings. The third-order valence-electron chi connectivity index (χ3n) is 4.79. The number of hydrogen-bond acceptors (Lipinski definition) is 4. The lowest BCUT2D eigenvalue weighted by Gasteiger charge is -2.33. The van der Waals surface area contributed by atoms with Gasteiger partial charge >= 0.3 is 6.09 Å². The Morgan fingerprint density at radius 3 is 2.56 bits per heavy atom. The summed E-state index contributed by atoms with van der Waals surface area (Å²) in [6, 6.07) is 12.1. The molecule has 0 radical (unpaired) electrons. The zero-order valence-corrected chi connectivity index (χ0v) is 16.7. The average molecular weight is 371 g/mol. The van der Waals surface area contributed by atoms with E-state index in [9.17, 15) is 4.79 Å². The van der Waals surface area contributed by atoms with E-state index >= 15 is 0 Å². The Morgan fingerprint density at radius 2 is 1.89 bits per heavy atom. The fourth-order valence-electron chi connectivity index (χ4n) is 3.29. The second-order valence-corrected chi connectivity index (χ2v) is 8.06. The van der Waals surface area contributed by atoms with Crippen molar-refractivity contribution in [3.05, 3.63) is 36.4 Å². The number of piperidine rings is 1. The SMILES string of the molecule is COc1ccc2cccc(OCC3CCN(C(=O)OC(C)(C)C)CC3)c2c1. The highest BCUT2D eigenvalue weighted by Crippen LogP contribution is 2.30. The van der Waals surface area contributed by atoms with E-state index < -0.39 is 5.60 Å². The zero-order chi connectivity index (χ0) is 19.4. The standard InChI is InChI=1S/C22H29NO4/c1-22(2,3)27-21(24)23-12-10-16(11-13-23)15-26-20-7-5-6-17-8-9-18(25-4)14-19(17)20/h5-9,14,16H,10-13,15H2,1-4H3. The molecule has 3 rings (SSSR count). The van der Waals surface area contributed by atoms with Gasteiger partial charge < -0.3 is 19.1 Å². The molecule has 27 heavy (non-hydrogen) atoms. The number of rotatable bonds is 4. The average Bonchev–Trinajstić information content (AvgIpc) is 2.65. The van der Waals surface area contributed by atoms with E-state index in [-0.39, 0.29) is 6.09 Å². The van der Waals surface area contributed by atoms with Gasteiger partial charge in [0.2, 0.25) is 0 Å². The fourth-order valence-corrected chi connectivity index (χ4v) is 3.29. The summed E-state index contributed by atoms with van der Waals surface area (Å²) < 4.78 is 16.9. The van der Waals surface area contributed by atoms with Gasteiger partial charge in [0.05, 0.1) is 13.7 Å². The quantitative estimate of drug-likeness (QED) is 0.769. The third kappa shape index (κ3) is 5.06. The van der Waals surface area contributed by atoms with E-state index in [1.807, 2.05) is 51.1 Å². The highest BCUT2D eigenvalue weighted by atomic mass is 16.6. The largest absolute Gasteiger partial charge is 0.497 e. The molecule has 0 N–H and O–H groups in total. The van der Waals surface area contributed by atoms with E-state index in [0.29, 0.717) is 25.6 Å². The number of likely N-dealkylation sites (tertiary alicyclic amines) is 1. The van der Waals surface area contributed by atoms with Crippen molar-refractivity contribution < 1.29 is 19.0 Å². The van der Waals surface area contributed by atoms with Gasteiger partial charge in [0, 0.05) is 18.5 Å². The number of hydrogen-bond donors (Lipinski definition) is 0. The van der Waals surface area contributed by atoms with Crippen molar-refractivity contribution in [3.63, 3.8) is 0 Å². The van der Waals surface area contributed by atoms with Crippen LogP contribution in [0.3, 0.4) is 0 Å². The lowest BCUT2D eigenvalue weighted by Crippen LogP contribution is -2.42. The van der Waals surface area contributed by atoms with Crippen LogP contribution in [0.5, 0.6) is 11.5 Å². The molecular weight excluding hydrogens is 342 g/mol. The maximum absolute atomic E-state index is 12.2. The predicted molar refractivity (Wildman–Crippen MR) is 107 cm³/mol. The van der Waals surface area contributed by atoms with Crippen molar-refractivity contribution in [2.45, 2.75) is 39.2 Å². The van der Waals surface area contributed by atoms with Gasteiger partial charge in [0.1, 0.15) is 17.1 Å². The summed E-state index contributed by atoms with van der Waals surface area (Å²) in [6.07, 6.45) is 1.63. The van der Waals surface area contributed by atoms with Crippen molar-refractivity contribution in [3.8, 4) is 11.5 Å². The Balaban J connectivity index is 1.56. The van der Waals surface area contributed by atoms with E-state index in [0.717, 1.165) is 35.1 Å². The number of benzene rings is 2. The Labute approximate surface area is 161 Å². The van der Waals surface area contributed by atoms with Crippen LogP contribution in [0.4, 0.5) is 4.79 Å². The van der Waals surface area contributed by atoms with Crippen molar-refractivity contribution in [1.29, 1.82) is 0 Å². The number of ether oxygens (including phenoxy) is 3. The van der Waals surface area contributed by atoms with Crippen molar-refractivity contribution in [1.82, 2.24) is 4.90 Å².